The summed E-state index contributed by atoms with van der Waals surface area (Å²) >= 11 is 0. The fourth-order valence-electron chi connectivity index (χ4n) is 6.45. The number of hydrogen-bond donors (Lipinski definition) is 0. The number of ether oxygens (including phenoxy) is 1. The van der Waals surface area contributed by atoms with Gasteiger partial charge in [0.1, 0.15) is 11.6 Å². The SMILES string of the molecule is COc1ccc(/C(=C2/c3ccc(F)cc3C(=O)C[C@]2(C)CS(=O)(=O)c2ccc(C)cc2)N(S(=O)(=O)c2ccccc2)S(=O)(=O)c2ccccc2)cc1. The molecule has 0 spiro atoms. The maximum Gasteiger partial charge on any atom is 0.277 e. The Hall–Kier alpha value is -5.11. The van der Waals surface area contributed by atoms with Gasteiger partial charge in [-0.3, -0.25) is 4.79 Å². The number of nitrogens with zero attached hydrogens (tertiary/aromatic N) is 1. The largest absolute Gasteiger partial charge is 0.497 e. The van der Waals surface area contributed by atoms with Gasteiger partial charge in [0.2, 0.25) is 0 Å². The van der Waals surface area contributed by atoms with Crippen LogP contribution in [0.25, 0.3) is 11.3 Å². The van der Waals surface area contributed by atoms with E-state index in [1.54, 1.807) is 31.2 Å². The van der Waals surface area contributed by atoms with E-state index in [1.807, 2.05) is 0 Å². The number of hydrogen-bond acceptors (Lipinski definition) is 8. The highest BCUT2D eigenvalue weighted by atomic mass is 32.3. The molecule has 0 aliphatic heterocycles. The average Bonchev–Trinajstić information content (AvgIpc) is 3.12. The molecule has 0 radical (unpaired) electrons. The second-order valence-electron chi connectivity index (χ2n) is 12.7. The summed E-state index contributed by atoms with van der Waals surface area (Å²) < 4.78 is 109. The third kappa shape index (κ3) is 6.79. The van der Waals surface area contributed by atoms with E-state index >= 15 is 0 Å². The lowest BCUT2D eigenvalue weighted by molar-refractivity contribution is 0.0946. The molecule has 1 aliphatic carbocycles. The van der Waals surface area contributed by atoms with Crippen LogP contribution in [0.2, 0.25) is 0 Å². The van der Waals surface area contributed by atoms with Crippen LogP contribution in [0.3, 0.4) is 0 Å². The first kappa shape index (κ1) is 36.7. The van der Waals surface area contributed by atoms with E-state index in [4.69, 9.17) is 4.74 Å². The molecule has 0 amide bonds. The van der Waals surface area contributed by atoms with Crippen molar-refractivity contribution in [1.29, 1.82) is 0 Å². The number of Topliss-reactive ketones (excluding diaryl/α,β-unsaturated/α-hetero) is 1. The van der Waals surface area contributed by atoms with Crippen LogP contribution in [-0.2, 0) is 29.9 Å². The normalized spacial score (nSPS) is 17.3. The van der Waals surface area contributed by atoms with E-state index in [9.17, 15) is 34.4 Å². The van der Waals surface area contributed by atoms with Crippen LogP contribution >= 0.6 is 0 Å². The predicted octanol–water partition coefficient (Wildman–Crippen LogP) is 7.16. The van der Waals surface area contributed by atoms with Crippen molar-refractivity contribution >= 4 is 46.9 Å². The lowest BCUT2D eigenvalue weighted by Crippen LogP contribution is -2.41. The Morgan fingerprint density at radius 1 is 0.712 bits per heavy atom. The Bertz CT molecular complexity index is 2450. The van der Waals surface area contributed by atoms with Crippen molar-refractivity contribution in [2.75, 3.05) is 12.9 Å². The number of methoxy groups -OCH3 is 1. The van der Waals surface area contributed by atoms with Crippen molar-refractivity contribution < 1.29 is 39.2 Å². The molecule has 0 saturated carbocycles. The second kappa shape index (κ2) is 13.8. The van der Waals surface area contributed by atoms with Crippen LogP contribution in [0.4, 0.5) is 4.39 Å². The zero-order chi connectivity index (χ0) is 37.5. The molecule has 5 aromatic rings. The third-order valence-corrected chi connectivity index (χ3v) is 15.1. The molecule has 0 aromatic heterocycles. The topological polar surface area (TPSA) is 132 Å². The van der Waals surface area contributed by atoms with Crippen molar-refractivity contribution in [2.45, 2.75) is 35.0 Å². The number of ketones is 1. The van der Waals surface area contributed by atoms with Gasteiger partial charge in [0.25, 0.3) is 20.0 Å². The Kier molecular flexibility index (Phi) is 9.73. The summed E-state index contributed by atoms with van der Waals surface area (Å²) in [6.07, 6.45) is -0.520. The van der Waals surface area contributed by atoms with Crippen molar-refractivity contribution in [3.05, 3.63) is 155 Å². The number of sulfone groups is 1. The number of carbonyl (C=O) groups is 1. The summed E-state index contributed by atoms with van der Waals surface area (Å²) in [6, 6.07) is 29.2. The lowest BCUT2D eigenvalue weighted by Gasteiger charge is -2.40. The zero-order valence-corrected chi connectivity index (χ0v) is 30.8. The fraction of sp³-hybridized carbons (Fsp3) is 0.154. The van der Waals surface area contributed by atoms with Crippen LogP contribution in [0.1, 0.15) is 40.4 Å². The van der Waals surface area contributed by atoms with Crippen LogP contribution in [0.15, 0.2) is 142 Å². The van der Waals surface area contributed by atoms with Crippen molar-refractivity contribution in [3.8, 4) is 5.75 Å². The number of halogens is 1. The van der Waals surface area contributed by atoms with Gasteiger partial charge in [0, 0.05) is 23.0 Å². The summed E-state index contributed by atoms with van der Waals surface area (Å²) in [5, 5.41) is 0. The number of carbonyl (C=O) groups excluding carboxylic acids is 1. The van der Waals surface area contributed by atoms with Crippen molar-refractivity contribution in [1.82, 2.24) is 3.71 Å². The molecule has 268 valence electrons. The molecule has 0 N–H and O–H groups in total. The summed E-state index contributed by atoms with van der Waals surface area (Å²) in [4.78, 5) is 13.1. The number of sulfonamides is 2. The molecule has 0 bridgehead atoms. The fourth-order valence-corrected chi connectivity index (χ4v) is 12.1. The van der Waals surface area contributed by atoms with E-state index in [0.29, 0.717) is 9.46 Å². The Balaban J connectivity index is 1.80. The quantitative estimate of drug-likeness (QED) is 0.147. The Labute approximate surface area is 303 Å². The second-order valence-corrected chi connectivity index (χ2v) is 18.5. The molecule has 1 aliphatic rings. The van der Waals surface area contributed by atoms with Crippen molar-refractivity contribution in [3.63, 3.8) is 0 Å². The van der Waals surface area contributed by atoms with Gasteiger partial charge in [0.15, 0.2) is 15.6 Å². The van der Waals surface area contributed by atoms with E-state index in [1.165, 1.54) is 105 Å². The van der Waals surface area contributed by atoms with E-state index in [-0.39, 0.29) is 36.9 Å². The molecule has 0 fully saturated rings. The van der Waals surface area contributed by atoms with Gasteiger partial charge >= 0.3 is 0 Å². The average molecular weight is 760 g/mol. The van der Waals surface area contributed by atoms with Crippen LogP contribution < -0.4 is 4.74 Å². The minimum atomic E-state index is -5.05. The van der Waals surface area contributed by atoms with Gasteiger partial charge in [-0.05, 0) is 90.9 Å². The van der Waals surface area contributed by atoms with Gasteiger partial charge < -0.3 is 4.74 Å². The maximum atomic E-state index is 15.0. The highest BCUT2D eigenvalue weighted by molar-refractivity contribution is 8.04. The number of benzene rings is 5. The zero-order valence-electron chi connectivity index (χ0n) is 28.4. The lowest BCUT2D eigenvalue weighted by atomic mass is 9.68. The molecule has 5 aromatic carbocycles. The van der Waals surface area contributed by atoms with Crippen LogP contribution in [0.5, 0.6) is 5.75 Å². The molecule has 1 atom stereocenters. The molecule has 6 rings (SSSR count). The Morgan fingerprint density at radius 2 is 1.25 bits per heavy atom. The van der Waals surface area contributed by atoms with E-state index in [0.717, 1.165) is 17.7 Å². The first-order valence-electron chi connectivity index (χ1n) is 16.0. The molecule has 0 saturated heterocycles. The smallest absolute Gasteiger partial charge is 0.277 e. The summed E-state index contributed by atoms with van der Waals surface area (Å²) in [5.41, 5.74) is -1.61. The molecular formula is C39H34FNO8S3. The number of allylic oxidation sites excluding steroid dienone is 1. The van der Waals surface area contributed by atoms with Gasteiger partial charge in [-0.25, -0.2) is 29.6 Å². The Morgan fingerprint density at radius 3 is 1.77 bits per heavy atom. The summed E-state index contributed by atoms with van der Waals surface area (Å²) in [6.45, 7) is 3.27. The van der Waals surface area contributed by atoms with Gasteiger partial charge in [-0.1, -0.05) is 67.1 Å². The van der Waals surface area contributed by atoms with Crippen molar-refractivity contribution in [2.24, 2.45) is 5.41 Å². The van der Waals surface area contributed by atoms with E-state index in [2.05, 4.69) is 0 Å². The molecule has 13 heteroatoms. The molecule has 52 heavy (non-hydrogen) atoms. The maximum absolute atomic E-state index is 15.0. The molecule has 0 heterocycles. The van der Waals surface area contributed by atoms with Crippen LogP contribution in [0, 0.1) is 18.2 Å². The third-order valence-electron chi connectivity index (χ3n) is 8.90. The molecular weight excluding hydrogens is 726 g/mol. The first-order valence-corrected chi connectivity index (χ1v) is 20.5. The summed E-state index contributed by atoms with van der Waals surface area (Å²) in [7, 11) is -12.9. The van der Waals surface area contributed by atoms with Gasteiger partial charge in [0.05, 0.1) is 33.2 Å². The number of aryl methyl sites for hydroxylation is 1. The minimum Gasteiger partial charge on any atom is -0.497 e. The number of fused-ring (bicyclic) bond motifs is 1. The standard InChI is InChI=1S/C39H34FNO8S3/c1-27-14-21-31(22-15-27)50(43,44)26-39(2)25-36(42)35-24-29(40)18-23-34(35)37(39)38(28-16-19-30(49-3)20-17-28)41(51(45,46)32-10-6-4-7-11-32)52(47,48)33-12-8-5-9-13-33/h4-24H,25-26H2,1-3H3/b38-37+/t39-/m1/s1. The molecule has 0 unspecified atom stereocenters. The first-order chi connectivity index (χ1) is 24.6. The van der Waals surface area contributed by atoms with Gasteiger partial charge in [-0.2, -0.15) is 3.71 Å². The monoisotopic (exact) mass is 759 g/mol. The highest BCUT2D eigenvalue weighted by Crippen LogP contribution is 2.52. The van der Waals surface area contributed by atoms with Crippen LogP contribution in [-0.4, -0.2) is 47.6 Å². The number of rotatable bonds is 10. The highest BCUT2D eigenvalue weighted by Gasteiger charge is 2.49. The molecule has 9 nitrogen and oxygen atoms in total. The van der Waals surface area contributed by atoms with E-state index < -0.39 is 64.8 Å². The predicted molar refractivity (Wildman–Crippen MR) is 196 cm³/mol. The van der Waals surface area contributed by atoms with Gasteiger partial charge in [-0.15, -0.1) is 0 Å². The summed E-state index contributed by atoms with van der Waals surface area (Å²) in [5.74, 6) is -1.73. The minimum absolute atomic E-state index is 0.0124.